The second-order valence-corrected chi connectivity index (χ2v) is 4.37. The Hall–Kier alpha value is -0.770. The molecule has 0 aromatic rings. The zero-order valence-electron chi connectivity index (χ0n) is 10.4. The zero-order chi connectivity index (χ0) is 12.1. The minimum atomic E-state index is -0.454. The molecular weight excluding hydrogens is 194 g/mol. The van der Waals surface area contributed by atoms with Crippen LogP contribution in [-0.4, -0.2) is 40.9 Å². The van der Waals surface area contributed by atoms with E-state index in [0.29, 0.717) is 19.5 Å². The molecule has 1 amide bonds. The second kappa shape index (κ2) is 5.95. The van der Waals surface area contributed by atoms with E-state index in [0.717, 1.165) is 0 Å². The topological polar surface area (TPSA) is 49.8 Å². The van der Waals surface area contributed by atoms with Crippen LogP contribution >= 0.6 is 0 Å². The monoisotopic (exact) mass is 217 g/mol. The van der Waals surface area contributed by atoms with Gasteiger partial charge in [0, 0.05) is 13.1 Å². The molecule has 1 heterocycles. The van der Waals surface area contributed by atoms with Crippen molar-refractivity contribution in [2.75, 3.05) is 13.1 Å². The first-order valence-electron chi connectivity index (χ1n) is 5.54. The summed E-state index contributed by atoms with van der Waals surface area (Å²) in [6.45, 7) is 10.5. The molecule has 0 radical (unpaired) electrons. The molecule has 15 heavy (non-hydrogen) atoms. The number of carbonyl (C=O) groups excluding carboxylic acids is 1. The average molecular weight is 217 g/mol. The average Bonchev–Trinajstić information content (AvgIpc) is 2.52. The first-order valence-corrected chi connectivity index (χ1v) is 5.54. The van der Waals surface area contributed by atoms with Gasteiger partial charge in [0.15, 0.2) is 0 Å². The number of aliphatic hydroxyl groups is 1. The molecule has 0 spiro atoms. The van der Waals surface area contributed by atoms with Gasteiger partial charge in [0.25, 0.3) is 0 Å². The van der Waals surface area contributed by atoms with Crippen molar-refractivity contribution in [1.29, 1.82) is 0 Å². The minimum absolute atomic E-state index is 0.330. The van der Waals surface area contributed by atoms with E-state index >= 15 is 0 Å². The Balaban J connectivity index is 0.000000921. The van der Waals surface area contributed by atoms with E-state index in [1.54, 1.807) is 0 Å². The highest BCUT2D eigenvalue weighted by Crippen LogP contribution is 2.14. The summed E-state index contributed by atoms with van der Waals surface area (Å²) in [5.41, 5.74) is -0.454. The molecule has 0 aliphatic carbocycles. The number of aliphatic hydroxyl groups excluding tert-OH is 1. The van der Waals surface area contributed by atoms with Crippen molar-refractivity contribution in [1.82, 2.24) is 4.90 Å². The molecule has 0 bridgehead atoms. The number of β-amino-alcohol motifs (C(OH)–C–C–N with tert-alkyl or cyclic N) is 1. The van der Waals surface area contributed by atoms with Gasteiger partial charge in [-0.2, -0.15) is 0 Å². The van der Waals surface area contributed by atoms with Crippen LogP contribution < -0.4 is 0 Å². The van der Waals surface area contributed by atoms with Gasteiger partial charge in [-0.1, -0.05) is 13.8 Å². The first-order chi connectivity index (χ1) is 6.88. The highest BCUT2D eigenvalue weighted by atomic mass is 16.6. The number of amides is 1. The Morgan fingerprint density at radius 3 is 2.27 bits per heavy atom. The van der Waals surface area contributed by atoms with E-state index in [1.807, 2.05) is 34.6 Å². The summed E-state index contributed by atoms with van der Waals surface area (Å²) in [4.78, 5) is 12.9. The quantitative estimate of drug-likeness (QED) is 0.675. The maximum absolute atomic E-state index is 11.4. The standard InChI is InChI=1S/C9H17NO3.C2H6/c1-9(2,3)13-8(12)10-5-4-7(11)6-10;1-2/h7,11H,4-6H2,1-3H3;1-2H3. The lowest BCUT2D eigenvalue weighted by atomic mass is 10.2. The summed E-state index contributed by atoms with van der Waals surface area (Å²) in [6, 6.07) is 0. The largest absolute Gasteiger partial charge is 0.444 e. The van der Waals surface area contributed by atoms with Crippen molar-refractivity contribution >= 4 is 6.09 Å². The van der Waals surface area contributed by atoms with Gasteiger partial charge in [-0.15, -0.1) is 0 Å². The molecule has 1 atom stereocenters. The molecule has 1 rings (SSSR count). The first kappa shape index (κ1) is 14.2. The Kier molecular flexibility index (Phi) is 5.65. The molecular formula is C11H23NO3. The Labute approximate surface area is 92.2 Å². The van der Waals surface area contributed by atoms with Crippen LogP contribution in [-0.2, 0) is 4.74 Å². The van der Waals surface area contributed by atoms with Crippen LogP contribution in [0.5, 0.6) is 0 Å². The summed E-state index contributed by atoms with van der Waals surface area (Å²) >= 11 is 0. The van der Waals surface area contributed by atoms with Gasteiger partial charge < -0.3 is 14.7 Å². The van der Waals surface area contributed by atoms with Gasteiger partial charge in [-0.25, -0.2) is 4.79 Å². The highest BCUT2D eigenvalue weighted by Gasteiger charge is 2.28. The van der Waals surface area contributed by atoms with Crippen LogP contribution in [0, 0.1) is 0 Å². The third kappa shape index (κ3) is 5.62. The summed E-state index contributed by atoms with van der Waals surface area (Å²) in [5.74, 6) is 0. The molecule has 1 saturated heterocycles. The number of likely N-dealkylation sites (tertiary alicyclic amines) is 1. The van der Waals surface area contributed by atoms with Crippen molar-refractivity contribution < 1.29 is 14.6 Å². The van der Waals surface area contributed by atoms with Gasteiger partial charge in [0.1, 0.15) is 5.60 Å². The summed E-state index contributed by atoms with van der Waals surface area (Å²) in [5, 5.41) is 9.20. The number of carbonyl (C=O) groups is 1. The highest BCUT2D eigenvalue weighted by molar-refractivity contribution is 5.68. The van der Waals surface area contributed by atoms with Crippen LogP contribution in [0.15, 0.2) is 0 Å². The van der Waals surface area contributed by atoms with E-state index in [9.17, 15) is 9.90 Å². The molecule has 90 valence electrons. The predicted molar refractivity (Wildman–Crippen MR) is 59.8 cm³/mol. The molecule has 1 fully saturated rings. The van der Waals surface area contributed by atoms with E-state index in [1.165, 1.54) is 4.90 Å². The summed E-state index contributed by atoms with van der Waals surface area (Å²) in [6.07, 6.45) is -0.0595. The molecule has 0 aromatic heterocycles. The molecule has 1 aliphatic rings. The second-order valence-electron chi connectivity index (χ2n) is 4.37. The lowest BCUT2D eigenvalue weighted by Gasteiger charge is -2.24. The molecule has 0 aromatic carbocycles. The maximum Gasteiger partial charge on any atom is 0.410 e. The lowest BCUT2D eigenvalue weighted by Crippen LogP contribution is -2.35. The van der Waals surface area contributed by atoms with Crippen molar-refractivity contribution in [3.05, 3.63) is 0 Å². The van der Waals surface area contributed by atoms with Gasteiger partial charge in [0.05, 0.1) is 6.10 Å². The van der Waals surface area contributed by atoms with Gasteiger partial charge in [-0.3, -0.25) is 0 Å². The van der Waals surface area contributed by atoms with Gasteiger partial charge in [-0.05, 0) is 27.2 Å². The predicted octanol–water partition coefficient (Wildman–Crippen LogP) is 2.01. The number of nitrogens with zero attached hydrogens (tertiary/aromatic N) is 1. The smallest absolute Gasteiger partial charge is 0.410 e. The Morgan fingerprint density at radius 2 is 1.93 bits per heavy atom. The number of rotatable bonds is 0. The van der Waals surface area contributed by atoms with Crippen LogP contribution in [0.25, 0.3) is 0 Å². The minimum Gasteiger partial charge on any atom is -0.444 e. The normalized spacial score (nSPS) is 20.7. The van der Waals surface area contributed by atoms with E-state index < -0.39 is 5.60 Å². The van der Waals surface area contributed by atoms with Crippen molar-refractivity contribution in [3.63, 3.8) is 0 Å². The van der Waals surface area contributed by atoms with Gasteiger partial charge >= 0.3 is 6.09 Å². The van der Waals surface area contributed by atoms with Crippen LogP contribution in [0.4, 0.5) is 4.79 Å². The van der Waals surface area contributed by atoms with Crippen LogP contribution in [0.1, 0.15) is 41.0 Å². The SMILES string of the molecule is CC.CC(C)(C)OC(=O)N1CCC(O)C1. The number of ether oxygens (including phenoxy) is 1. The van der Waals surface area contributed by atoms with E-state index in [4.69, 9.17) is 4.74 Å². The van der Waals surface area contributed by atoms with Crippen LogP contribution in [0.2, 0.25) is 0 Å². The van der Waals surface area contributed by atoms with E-state index in [2.05, 4.69) is 0 Å². The summed E-state index contributed by atoms with van der Waals surface area (Å²) in [7, 11) is 0. The fraction of sp³-hybridized carbons (Fsp3) is 0.909. The van der Waals surface area contributed by atoms with Gasteiger partial charge in [0.2, 0.25) is 0 Å². The van der Waals surface area contributed by atoms with Crippen molar-refractivity contribution in [2.24, 2.45) is 0 Å². The summed E-state index contributed by atoms with van der Waals surface area (Å²) < 4.78 is 5.15. The molecule has 4 heteroatoms. The molecule has 1 N–H and O–H groups in total. The zero-order valence-corrected chi connectivity index (χ0v) is 10.4. The third-order valence-corrected chi connectivity index (χ3v) is 1.82. The molecule has 1 aliphatic heterocycles. The fourth-order valence-electron chi connectivity index (χ4n) is 1.23. The van der Waals surface area contributed by atoms with Crippen LogP contribution in [0.3, 0.4) is 0 Å². The molecule has 1 unspecified atom stereocenters. The van der Waals surface area contributed by atoms with Crippen molar-refractivity contribution in [3.8, 4) is 0 Å². The Morgan fingerprint density at radius 1 is 1.40 bits per heavy atom. The number of hydrogen-bond donors (Lipinski definition) is 1. The third-order valence-electron chi connectivity index (χ3n) is 1.82. The number of hydrogen-bond acceptors (Lipinski definition) is 3. The van der Waals surface area contributed by atoms with Crippen molar-refractivity contribution in [2.45, 2.75) is 52.7 Å². The maximum atomic E-state index is 11.4. The van der Waals surface area contributed by atoms with E-state index in [-0.39, 0.29) is 12.2 Å². The molecule has 0 saturated carbocycles. The Bertz CT molecular complexity index is 198. The lowest BCUT2D eigenvalue weighted by molar-refractivity contribution is 0.0270. The molecule has 4 nitrogen and oxygen atoms in total. The fourth-order valence-corrected chi connectivity index (χ4v) is 1.23.